The van der Waals surface area contributed by atoms with E-state index in [1.807, 2.05) is 18.4 Å². The van der Waals surface area contributed by atoms with Crippen LogP contribution in [0.2, 0.25) is 0 Å². The lowest BCUT2D eigenvalue weighted by Gasteiger charge is -2.14. The SMILES string of the molecule is CC(C)n1cnc2c(NCC(O)c3ccc(O)cc3)nc(-c3cncc(F)c3)nc21. The number of phenols is 1. The van der Waals surface area contributed by atoms with Gasteiger partial charge in [-0.05, 0) is 37.6 Å². The van der Waals surface area contributed by atoms with Crippen LogP contribution in [0.25, 0.3) is 22.6 Å². The Balaban J connectivity index is 1.71. The van der Waals surface area contributed by atoms with Crippen LogP contribution in [-0.2, 0) is 0 Å². The molecule has 3 heterocycles. The number of aromatic hydroxyl groups is 1. The molecule has 0 saturated carbocycles. The number of benzene rings is 1. The van der Waals surface area contributed by atoms with E-state index >= 15 is 0 Å². The molecule has 3 aromatic heterocycles. The molecule has 0 aliphatic rings. The first kappa shape index (κ1) is 19.7. The molecule has 4 rings (SSSR count). The van der Waals surface area contributed by atoms with Gasteiger partial charge in [0.25, 0.3) is 0 Å². The first-order valence-corrected chi connectivity index (χ1v) is 9.48. The molecular weight excluding hydrogens is 387 g/mol. The molecule has 0 saturated heterocycles. The van der Waals surface area contributed by atoms with E-state index < -0.39 is 11.9 Å². The van der Waals surface area contributed by atoms with E-state index in [9.17, 15) is 14.6 Å². The molecule has 0 spiro atoms. The van der Waals surface area contributed by atoms with Crippen LogP contribution in [-0.4, -0.2) is 41.3 Å². The van der Waals surface area contributed by atoms with Crippen LogP contribution in [0.5, 0.6) is 5.75 Å². The summed E-state index contributed by atoms with van der Waals surface area (Å²) in [6, 6.07) is 7.75. The lowest BCUT2D eigenvalue weighted by Crippen LogP contribution is -2.14. The number of rotatable bonds is 6. The number of phenolic OH excluding ortho intramolecular Hbond substituents is 1. The van der Waals surface area contributed by atoms with Gasteiger partial charge >= 0.3 is 0 Å². The van der Waals surface area contributed by atoms with Crippen LogP contribution >= 0.6 is 0 Å². The number of pyridine rings is 1. The van der Waals surface area contributed by atoms with Gasteiger partial charge < -0.3 is 20.1 Å². The molecule has 1 atom stereocenters. The quantitative estimate of drug-likeness (QED) is 0.448. The number of hydrogen-bond donors (Lipinski definition) is 3. The molecule has 8 nitrogen and oxygen atoms in total. The van der Waals surface area contributed by atoms with E-state index in [1.54, 1.807) is 18.5 Å². The van der Waals surface area contributed by atoms with E-state index in [1.165, 1.54) is 24.4 Å². The number of hydrogen-bond acceptors (Lipinski definition) is 7. The van der Waals surface area contributed by atoms with Crippen molar-refractivity contribution in [3.63, 3.8) is 0 Å². The number of fused-ring (bicyclic) bond motifs is 1. The molecule has 9 heteroatoms. The second kappa shape index (κ2) is 8.03. The molecule has 0 aliphatic heterocycles. The van der Waals surface area contributed by atoms with E-state index in [2.05, 4.69) is 25.3 Å². The third kappa shape index (κ3) is 3.92. The maximum atomic E-state index is 13.7. The predicted molar refractivity (Wildman–Crippen MR) is 110 cm³/mol. The van der Waals surface area contributed by atoms with Crippen molar-refractivity contribution in [1.82, 2.24) is 24.5 Å². The maximum absolute atomic E-state index is 13.7. The molecule has 0 radical (unpaired) electrons. The highest BCUT2D eigenvalue weighted by Gasteiger charge is 2.17. The molecule has 0 aliphatic carbocycles. The third-order valence-corrected chi connectivity index (χ3v) is 4.68. The highest BCUT2D eigenvalue weighted by Crippen LogP contribution is 2.26. The molecule has 0 bridgehead atoms. The minimum atomic E-state index is -0.831. The average molecular weight is 408 g/mol. The number of nitrogens with zero attached hydrogens (tertiary/aromatic N) is 5. The number of halogens is 1. The molecule has 30 heavy (non-hydrogen) atoms. The summed E-state index contributed by atoms with van der Waals surface area (Å²) in [4.78, 5) is 17.4. The number of aliphatic hydroxyl groups excluding tert-OH is 1. The van der Waals surface area contributed by atoms with Crippen molar-refractivity contribution >= 4 is 17.0 Å². The van der Waals surface area contributed by atoms with Gasteiger partial charge in [-0.25, -0.2) is 19.3 Å². The Morgan fingerprint density at radius 1 is 1.13 bits per heavy atom. The number of aliphatic hydroxyl groups is 1. The van der Waals surface area contributed by atoms with Crippen molar-refractivity contribution in [3.05, 3.63) is 60.4 Å². The molecule has 0 fully saturated rings. The zero-order chi connectivity index (χ0) is 21.3. The molecule has 1 aromatic carbocycles. The topological polar surface area (TPSA) is 109 Å². The Morgan fingerprint density at radius 3 is 2.60 bits per heavy atom. The number of nitrogens with one attached hydrogen (secondary N) is 1. The minimum Gasteiger partial charge on any atom is -0.508 e. The van der Waals surface area contributed by atoms with Crippen molar-refractivity contribution in [2.75, 3.05) is 11.9 Å². The van der Waals surface area contributed by atoms with Gasteiger partial charge in [-0.3, -0.25) is 4.98 Å². The lowest BCUT2D eigenvalue weighted by atomic mass is 10.1. The second-order valence-corrected chi connectivity index (χ2v) is 7.19. The van der Waals surface area contributed by atoms with Crippen molar-refractivity contribution < 1.29 is 14.6 Å². The summed E-state index contributed by atoms with van der Waals surface area (Å²) >= 11 is 0. The maximum Gasteiger partial charge on any atom is 0.166 e. The average Bonchev–Trinajstić information content (AvgIpc) is 3.16. The van der Waals surface area contributed by atoms with E-state index in [0.717, 1.165) is 6.20 Å². The molecular formula is C21H21FN6O2. The summed E-state index contributed by atoms with van der Waals surface area (Å²) < 4.78 is 15.6. The summed E-state index contributed by atoms with van der Waals surface area (Å²) in [5.41, 5.74) is 2.24. The third-order valence-electron chi connectivity index (χ3n) is 4.68. The predicted octanol–water partition coefficient (Wildman–Crippen LogP) is 3.46. The van der Waals surface area contributed by atoms with Crippen molar-refractivity contribution in [2.24, 2.45) is 0 Å². The van der Waals surface area contributed by atoms with Gasteiger partial charge in [-0.15, -0.1) is 0 Å². The van der Waals surface area contributed by atoms with E-state index in [4.69, 9.17) is 0 Å². The Bertz CT molecular complexity index is 1180. The van der Waals surface area contributed by atoms with E-state index in [-0.39, 0.29) is 18.3 Å². The minimum absolute atomic E-state index is 0.110. The van der Waals surface area contributed by atoms with Gasteiger partial charge in [-0.1, -0.05) is 12.1 Å². The Kier molecular flexibility index (Phi) is 5.28. The van der Waals surface area contributed by atoms with Gasteiger partial charge in [0.2, 0.25) is 0 Å². The summed E-state index contributed by atoms with van der Waals surface area (Å²) in [5.74, 6) is 0.379. The van der Waals surface area contributed by atoms with Crippen molar-refractivity contribution in [2.45, 2.75) is 26.0 Å². The molecule has 154 valence electrons. The lowest BCUT2D eigenvalue weighted by molar-refractivity contribution is 0.191. The second-order valence-electron chi connectivity index (χ2n) is 7.19. The van der Waals surface area contributed by atoms with Crippen LogP contribution < -0.4 is 5.32 Å². The molecule has 4 aromatic rings. The summed E-state index contributed by atoms with van der Waals surface area (Å²) in [6.07, 6.45) is 3.46. The van der Waals surface area contributed by atoms with Gasteiger partial charge in [0, 0.05) is 24.3 Å². The van der Waals surface area contributed by atoms with Crippen molar-refractivity contribution in [1.29, 1.82) is 0 Å². The van der Waals surface area contributed by atoms with Crippen LogP contribution in [0.1, 0.15) is 31.6 Å². The van der Waals surface area contributed by atoms with Gasteiger partial charge in [0.05, 0.1) is 18.6 Å². The Morgan fingerprint density at radius 2 is 1.90 bits per heavy atom. The monoisotopic (exact) mass is 408 g/mol. The number of aromatic nitrogens is 5. The smallest absolute Gasteiger partial charge is 0.166 e. The molecule has 1 unspecified atom stereocenters. The fourth-order valence-electron chi connectivity index (χ4n) is 3.09. The van der Waals surface area contributed by atoms with Crippen LogP contribution in [0.3, 0.4) is 0 Å². The van der Waals surface area contributed by atoms with Crippen LogP contribution in [0.4, 0.5) is 10.2 Å². The highest BCUT2D eigenvalue weighted by atomic mass is 19.1. The fraction of sp³-hybridized carbons (Fsp3) is 0.238. The Labute approximate surface area is 172 Å². The summed E-state index contributed by atoms with van der Waals surface area (Å²) in [5, 5.41) is 23.0. The first-order valence-electron chi connectivity index (χ1n) is 9.48. The highest BCUT2D eigenvalue weighted by molar-refractivity contribution is 5.85. The first-order chi connectivity index (χ1) is 14.4. The zero-order valence-corrected chi connectivity index (χ0v) is 16.5. The van der Waals surface area contributed by atoms with Gasteiger partial charge in [-0.2, -0.15) is 0 Å². The fourth-order valence-corrected chi connectivity index (χ4v) is 3.09. The number of anilines is 1. The zero-order valence-electron chi connectivity index (χ0n) is 16.5. The largest absolute Gasteiger partial charge is 0.508 e. The normalized spacial score (nSPS) is 12.4. The summed E-state index contributed by atoms with van der Waals surface area (Å²) in [6.45, 7) is 4.18. The molecule has 0 amide bonds. The standard InChI is InChI=1S/C21H21FN6O2/c1-12(2)28-11-25-18-20(24-10-17(30)13-3-5-16(29)6-4-13)26-19(27-21(18)28)14-7-15(22)9-23-8-14/h3-9,11-12,17,29-30H,10H2,1-2H3,(H,24,26,27). The molecule has 3 N–H and O–H groups in total. The Hall–Kier alpha value is -3.59. The van der Waals surface area contributed by atoms with Gasteiger partial charge in [0.1, 0.15) is 17.1 Å². The van der Waals surface area contributed by atoms with Crippen LogP contribution in [0, 0.1) is 5.82 Å². The van der Waals surface area contributed by atoms with E-state index in [0.29, 0.717) is 33.9 Å². The van der Waals surface area contributed by atoms with Crippen molar-refractivity contribution in [3.8, 4) is 17.1 Å². The number of imidazole rings is 1. The van der Waals surface area contributed by atoms with Crippen LogP contribution in [0.15, 0.2) is 49.1 Å². The van der Waals surface area contributed by atoms with Gasteiger partial charge in [0.15, 0.2) is 17.3 Å². The summed E-state index contributed by atoms with van der Waals surface area (Å²) in [7, 11) is 0.